The zero-order valence-electron chi connectivity index (χ0n) is 17.6. The number of nitrogens with one attached hydrogen (secondary N) is 1. The van der Waals surface area contributed by atoms with Gasteiger partial charge in [-0.25, -0.2) is 4.79 Å². The molecule has 1 heterocycles. The van der Waals surface area contributed by atoms with Gasteiger partial charge in [0.1, 0.15) is 0 Å². The summed E-state index contributed by atoms with van der Waals surface area (Å²) < 4.78 is 4.91. The summed E-state index contributed by atoms with van der Waals surface area (Å²) in [6.45, 7) is 4.93. The fourth-order valence-corrected chi connectivity index (χ4v) is 3.56. The van der Waals surface area contributed by atoms with E-state index in [0.29, 0.717) is 13.2 Å². The van der Waals surface area contributed by atoms with Gasteiger partial charge >= 0.3 is 6.09 Å². The van der Waals surface area contributed by atoms with E-state index in [1.54, 1.807) is 6.92 Å². The molecule has 1 aromatic carbocycles. The Morgan fingerprint density at radius 3 is 2.39 bits per heavy atom. The third-order valence-corrected chi connectivity index (χ3v) is 5.14. The molecular weight excluding hydrogens is 348 g/mol. The standard InChI is InChI=1S/C24H36N2O2/c1-3-5-6-7-8-9-10-11-12-13-23-22-15-14-20(18-21(22)16-17-25-23)19-26-24(27)28-4-2/h14-18H,3-13,19H2,1-2H3,(H,26,27). The van der Waals surface area contributed by atoms with Gasteiger partial charge in [-0.2, -0.15) is 0 Å². The molecule has 0 aliphatic heterocycles. The number of hydrogen-bond acceptors (Lipinski definition) is 3. The zero-order chi connectivity index (χ0) is 20.0. The van der Waals surface area contributed by atoms with Crippen molar-refractivity contribution in [3.05, 3.63) is 41.7 Å². The molecule has 4 nitrogen and oxygen atoms in total. The molecule has 0 spiro atoms. The van der Waals surface area contributed by atoms with Crippen LogP contribution >= 0.6 is 0 Å². The van der Waals surface area contributed by atoms with Crippen LogP contribution in [0.4, 0.5) is 4.79 Å². The van der Waals surface area contributed by atoms with Crippen LogP contribution in [0.3, 0.4) is 0 Å². The molecule has 28 heavy (non-hydrogen) atoms. The molecule has 1 amide bonds. The van der Waals surface area contributed by atoms with Crippen molar-refractivity contribution in [2.75, 3.05) is 6.61 Å². The minimum atomic E-state index is -0.372. The molecule has 0 radical (unpaired) electrons. The Morgan fingerprint density at radius 1 is 0.964 bits per heavy atom. The van der Waals surface area contributed by atoms with Crippen molar-refractivity contribution in [2.45, 2.75) is 84.6 Å². The first-order valence-electron chi connectivity index (χ1n) is 11.0. The molecule has 0 bridgehead atoms. The number of amides is 1. The number of aryl methyl sites for hydroxylation is 1. The Bertz CT molecular complexity index is 715. The molecule has 154 valence electrons. The van der Waals surface area contributed by atoms with Crippen LogP contribution in [0.25, 0.3) is 10.8 Å². The van der Waals surface area contributed by atoms with E-state index in [1.165, 1.54) is 74.3 Å². The molecule has 1 aromatic heterocycles. The second kappa shape index (κ2) is 13.1. The van der Waals surface area contributed by atoms with Crippen molar-refractivity contribution in [3.63, 3.8) is 0 Å². The van der Waals surface area contributed by atoms with Crippen molar-refractivity contribution in [1.82, 2.24) is 10.3 Å². The highest BCUT2D eigenvalue weighted by Crippen LogP contribution is 2.21. The van der Waals surface area contributed by atoms with E-state index in [1.807, 2.05) is 12.3 Å². The van der Waals surface area contributed by atoms with Crippen LogP contribution in [-0.2, 0) is 17.7 Å². The van der Waals surface area contributed by atoms with Crippen molar-refractivity contribution >= 4 is 16.9 Å². The van der Waals surface area contributed by atoms with E-state index in [9.17, 15) is 4.79 Å². The fourth-order valence-electron chi connectivity index (χ4n) is 3.56. The maximum Gasteiger partial charge on any atom is 0.407 e. The van der Waals surface area contributed by atoms with Gasteiger partial charge in [0.2, 0.25) is 0 Å². The molecule has 1 N–H and O–H groups in total. The first-order chi connectivity index (χ1) is 13.7. The quantitative estimate of drug-likeness (QED) is 0.398. The highest BCUT2D eigenvalue weighted by atomic mass is 16.5. The third-order valence-electron chi connectivity index (χ3n) is 5.14. The minimum absolute atomic E-state index is 0.372. The van der Waals surface area contributed by atoms with Crippen molar-refractivity contribution in [3.8, 4) is 0 Å². The fraction of sp³-hybridized carbons (Fsp3) is 0.583. The van der Waals surface area contributed by atoms with Gasteiger partial charge in [0, 0.05) is 23.8 Å². The highest BCUT2D eigenvalue weighted by molar-refractivity contribution is 5.85. The van der Waals surface area contributed by atoms with Gasteiger partial charge in [0.15, 0.2) is 0 Å². The Kier molecular flexibility index (Phi) is 10.4. The third kappa shape index (κ3) is 7.87. The number of rotatable bonds is 13. The summed E-state index contributed by atoms with van der Waals surface area (Å²) in [7, 11) is 0. The summed E-state index contributed by atoms with van der Waals surface area (Å²) in [4.78, 5) is 16.1. The number of hydrogen-bond donors (Lipinski definition) is 1. The van der Waals surface area contributed by atoms with Gasteiger partial charge in [-0.1, -0.05) is 70.4 Å². The smallest absolute Gasteiger partial charge is 0.407 e. The normalized spacial score (nSPS) is 10.9. The van der Waals surface area contributed by atoms with Gasteiger partial charge in [-0.05, 0) is 42.8 Å². The SMILES string of the molecule is CCCCCCCCCCCc1nccc2cc(CNC(=O)OCC)ccc12. The molecule has 2 rings (SSSR count). The number of carbonyl (C=O) groups excluding carboxylic acids is 1. The number of fused-ring (bicyclic) bond motifs is 1. The molecule has 0 aliphatic rings. The first-order valence-corrected chi connectivity index (χ1v) is 11.0. The average molecular weight is 385 g/mol. The van der Waals surface area contributed by atoms with E-state index in [0.717, 1.165) is 12.0 Å². The number of aromatic nitrogens is 1. The predicted octanol–water partition coefficient (Wildman–Crippen LogP) is 6.55. The van der Waals surface area contributed by atoms with Crippen LogP contribution in [0.5, 0.6) is 0 Å². The number of alkyl carbamates (subject to hydrolysis) is 1. The van der Waals surface area contributed by atoms with Crippen LogP contribution in [0.2, 0.25) is 0 Å². The predicted molar refractivity (Wildman–Crippen MR) is 117 cm³/mol. The lowest BCUT2D eigenvalue weighted by atomic mass is 10.0. The molecule has 0 fully saturated rings. The maximum absolute atomic E-state index is 11.4. The number of pyridine rings is 1. The van der Waals surface area contributed by atoms with Crippen LogP contribution in [-0.4, -0.2) is 17.7 Å². The van der Waals surface area contributed by atoms with Gasteiger partial charge in [-0.15, -0.1) is 0 Å². The molecule has 0 saturated heterocycles. The van der Waals surface area contributed by atoms with E-state index < -0.39 is 0 Å². The molecule has 0 aliphatic carbocycles. The second-order valence-corrected chi connectivity index (χ2v) is 7.47. The van der Waals surface area contributed by atoms with E-state index in [2.05, 4.69) is 35.4 Å². The van der Waals surface area contributed by atoms with Gasteiger partial charge in [0.05, 0.1) is 6.61 Å². The van der Waals surface area contributed by atoms with E-state index in [-0.39, 0.29) is 6.09 Å². The lowest BCUT2D eigenvalue weighted by molar-refractivity contribution is 0.151. The lowest BCUT2D eigenvalue weighted by Crippen LogP contribution is -2.23. The zero-order valence-corrected chi connectivity index (χ0v) is 17.6. The van der Waals surface area contributed by atoms with E-state index in [4.69, 9.17) is 4.74 Å². The minimum Gasteiger partial charge on any atom is -0.450 e. The number of ether oxygens (including phenoxy) is 1. The maximum atomic E-state index is 11.4. The molecule has 0 saturated carbocycles. The molecular formula is C24H36N2O2. The Morgan fingerprint density at radius 2 is 1.68 bits per heavy atom. The van der Waals surface area contributed by atoms with Gasteiger partial charge < -0.3 is 10.1 Å². The number of carbonyl (C=O) groups is 1. The van der Waals surface area contributed by atoms with Crippen molar-refractivity contribution < 1.29 is 9.53 Å². The van der Waals surface area contributed by atoms with Crippen LogP contribution < -0.4 is 5.32 Å². The lowest BCUT2D eigenvalue weighted by Gasteiger charge is -2.09. The number of unbranched alkanes of at least 4 members (excludes halogenated alkanes) is 8. The second-order valence-electron chi connectivity index (χ2n) is 7.47. The van der Waals surface area contributed by atoms with Crippen molar-refractivity contribution in [2.24, 2.45) is 0 Å². The monoisotopic (exact) mass is 384 g/mol. The molecule has 0 unspecified atom stereocenters. The summed E-state index contributed by atoms with van der Waals surface area (Å²) >= 11 is 0. The number of nitrogens with zero attached hydrogens (tertiary/aromatic N) is 1. The average Bonchev–Trinajstić information content (AvgIpc) is 2.71. The summed E-state index contributed by atoms with van der Waals surface area (Å²) in [6.07, 6.45) is 14.6. The summed E-state index contributed by atoms with van der Waals surface area (Å²) in [6, 6.07) is 8.37. The molecule has 0 atom stereocenters. The van der Waals surface area contributed by atoms with E-state index >= 15 is 0 Å². The number of benzene rings is 1. The molecule has 2 aromatic rings. The largest absolute Gasteiger partial charge is 0.450 e. The summed E-state index contributed by atoms with van der Waals surface area (Å²) in [5, 5.41) is 5.18. The summed E-state index contributed by atoms with van der Waals surface area (Å²) in [5.74, 6) is 0. The van der Waals surface area contributed by atoms with Gasteiger partial charge in [0.25, 0.3) is 0 Å². The first kappa shape index (κ1) is 22.2. The van der Waals surface area contributed by atoms with Gasteiger partial charge in [-0.3, -0.25) is 4.98 Å². The topological polar surface area (TPSA) is 51.2 Å². The van der Waals surface area contributed by atoms with Crippen LogP contribution in [0.1, 0.15) is 82.9 Å². The van der Waals surface area contributed by atoms with Crippen molar-refractivity contribution in [1.29, 1.82) is 0 Å². The Balaban J connectivity index is 1.78. The molecule has 4 heteroatoms. The Labute approximate surface area is 170 Å². The van der Waals surface area contributed by atoms with Crippen LogP contribution in [0, 0.1) is 0 Å². The highest BCUT2D eigenvalue weighted by Gasteiger charge is 2.05. The summed E-state index contributed by atoms with van der Waals surface area (Å²) in [5.41, 5.74) is 2.26. The van der Waals surface area contributed by atoms with Crippen LogP contribution in [0.15, 0.2) is 30.5 Å². The Hall–Kier alpha value is -2.10.